The van der Waals surface area contributed by atoms with Crippen molar-refractivity contribution in [1.29, 1.82) is 0 Å². The van der Waals surface area contributed by atoms with Gasteiger partial charge in [0.2, 0.25) is 5.91 Å². The zero-order valence-corrected chi connectivity index (χ0v) is 45.8. The Morgan fingerprint density at radius 2 is 0.761 bits per heavy atom. The molecule has 0 aliphatic rings. The van der Waals surface area contributed by atoms with Gasteiger partial charge >= 0.3 is 7.82 Å². The van der Waals surface area contributed by atoms with Crippen LogP contribution in [-0.4, -0.2) is 47.8 Å². The Labute approximate surface area is 417 Å². The molecule has 9 heteroatoms. The lowest BCUT2D eigenvalue weighted by molar-refractivity contribution is -0.123. The van der Waals surface area contributed by atoms with Crippen molar-refractivity contribution in [2.24, 2.45) is 5.73 Å². The third-order valence-corrected chi connectivity index (χ3v) is 14.8. The summed E-state index contributed by atoms with van der Waals surface area (Å²) < 4.78 is 22.2. The number of amides is 1. The quantitative estimate of drug-likeness (QED) is 0.0271. The standard InChI is InChI=1S/C58H117N2O6P/c1-3-5-7-9-11-13-15-17-18-19-20-21-22-23-24-25-26-27-28-29-30-31-32-33-34-35-36-37-38-39-40-42-44-46-48-50-52-58(62)60-56(55-66-67(63,64)65-54-53-59)57(61)51-49-47-45-43-41-16-14-12-10-8-6-4-2/h49,51,56-57,61H,3-48,50,52-55,59H2,1-2H3,(H,60,62)(H,63,64)/b51-49+/t56-,57+/m0/s1. The highest BCUT2D eigenvalue weighted by molar-refractivity contribution is 7.47. The third-order valence-electron chi connectivity index (χ3n) is 13.9. The molecule has 0 heterocycles. The van der Waals surface area contributed by atoms with Gasteiger partial charge in [-0.25, -0.2) is 4.57 Å². The van der Waals surface area contributed by atoms with E-state index in [1.807, 2.05) is 6.08 Å². The first-order valence-electron chi connectivity index (χ1n) is 29.8. The van der Waals surface area contributed by atoms with Gasteiger partial charge in [0.1, 0.15) is 0 Å². The predicted octanol–water partition coefficient (Wildman–Crippen LogP) is 18.2. The summed E-state index contributed by atoms with van der Waals surface area (Å²) in [6.45, 7) is 4.17. The lowest BCUT2D eigenvalue weighted by Crippen LogP contribution is -2.45. The van der Waals surface area contributed by atoms with E-state index in [0.29, 0.717) is 6.42 Å². The summed E-state index contributed by atoms with van der Waals surface area (Å²) in [7, 11) is -4.34. The maximum Gasteiger partial charge on any atom is 0.472 e. The number of hydrogen-bond acceptors (Lipinski definition) is 6. The minimum atomic E-state index is -4.34. The monoisotopic (exact) mass is 969 g/mol. The van der Waals surface area contributed by atoms with Crippen LogP contribution >= 0.6 is 7.82 Å². The molecular formula is C58H117N2O6P. The van der Waals surface area contributed by atoms with E-state index in [9.17, 15) is 19.4 Å². The number of carbonyl (C=O) groups is 1. The van der Waals surface area contributed by atoms with E-state index >= 15 is 0 Å². The summed E-state index contributed by atoms with van der Waals surface area (Å²) >= 11 is 0. The van der Waals surface area contributed by atoms with E-state index in [1.165, 1.54) is 263 Å². The van der Waals surface area contributed by atoms with Gasteiger partial charge in [0.15, 0.2) is 0 Å². The van der Waals surface area contributed by atoms with Crippen LogP contribution in [0.2, 0.25) is 0 Å². The van der Waals surface area contributed by atoms with Crippen molar-refractivity contribution in [2.75, 3.05) is 19.8 Å². The molecule has 8 nitrogen and oxygen atoms in total. The summed E-state index contributed by atoms with van der Waals surface area (Å²) in [5, 5.41) is 13.7. The second kappa shape index (κ2) is 54.6. The molecule has 0 spiro atoms. The van der Waals surface area contributed by atoms with Gasteiger partial charge in [-0.1, -0.05) is 309 Å². The molecule has 0 aromatic heterocycles. The number of allylic oxidation sites excluding steroid dienone is 1. The Morgan fingerprint density at radius 1 is 0.478 bits per heavy atom. The van der Waals surface area contributed by atoms with Crippen LogP contribution in [0.3, 0.4) is 0 Å². The van der Waals surface area contributed by atoms with Crippen LogP contribution in [0.4, 0.5) is 0 Å². The van der Waals surface area contributed by atoms with Gasteiger partial charge in [0.25, 0.3) is 0 Å². The first-order valence-corrected chi connectivity index (χ1v) is 31.3. The molecule has 0 aliphatic heterocycles. The van der Waals surface area contributed by atoms with E-state index in [-0.39, 0.29) is 25.7 Å². The van der Waals surface area contributed by atoms with Gasteiger partial charge in [-0.05, 0) is 19.3 Å². The van der Waals surface area contributed by atoms with Gasteiger partial charge < -0.3 is 21.1 Å². The molecule has 0 radical (unpaired) electrons. The number of rotatable bonds is 57. The van der Waals surface area contributed by atoms with Crippen molar-refractivity contribution < 1.29 is 28.4 Å². The Kier molecular flexibility index (Phi) is 54.0. The summed E-state index contributed by atoms with van der Waals surface area (Å²) in [5.41, 5.74) is 5.39. The Morgan fingerprint density at radius 3 is 1.06 bits per heavy atom. The van der Waals surface area contributed by atoms with Gasteiger partial charge in [0.05, 0.1) is 25.4 Å². The average Bonchev–Trinajstić information content (AvgIpc) is 3.32. The molecule has 1 amide bonds. The number of aliphatic hydroxyl groups is 1. The van der Waals surface area contributed by atoms with Crippen LogP contribution in [-0.2, 0) is 18.4 Å². The number of carbonyl (C=O) groups excluding carboxylic acids is 1. The van der Waals surface area contributed by atoms with Gasteiger partial charge in [-0.15, -0.1) is 0 Å². The number of aliphatic hydroxyl groups excluding tert-OH is 1. The highest BCUT2D eigenvalue weighted by Gasteiger charge is 2.27. The molecule has 0 fully saturated rings. The lowest BCUT2D eigenvalue weighted by atomic mass is 10.0. The fourth-order valence-electron chi connectivity index (χ4n) is 9.37. The topological polar surface area (TPSA) is 131 Å². The van der Waals surface area contributed by atoms with Gasteiger partial charge in [0, 0.05) is 13.0 Å². The maximum atomic E-state index is 12.8. The molecule has 0 bridgehead atoms. The highest BCUT2D eigenvalue weighted by atomic mass is 31.2. The Hall–Kier alpha value is -0.760. The fraction of sp³-hybridized carbons (Fsp3) is 0.948. The van der Waals surface area contributed by atoms with Crippen molar-refractivity contribution in [3.05, 3.63) is 12.2 Å². The maximum absolute atomic E-state index is 12.8. The van der Waals surface area contributed by atoms with E-state index in [4.69, 9.17) is 14.8 Å². The van der Waals surface area contributed by atoms with Crippen molar-refractivity contribution in [3.63, 3.8) is 0 Å². The molecule has 0 aromatic carbocycles. The number of nitrogens with one attached hydrogen (secondary N) is 1. The number of phosphoric ester groups is 1. The smallest absolute Gasteiger partial charge is 0.387 e. The molecule has 0 saturated heterocycles. The molecule has 400 valence electrons. The molecule has 0 saturated carbocycles. The summed E-state index contributed by atoms with van der Waals surface area (Å²) in [6, 6.07) is -0.855. The first kappa shape index (κ1) is 66.2. The molecular weight excluding hydrogens is 852 g/mol. The van der Waals surface area contributed by atoms with Crippen LogP contribution in [0.25, 0.3) is 0 Å². The summed E-state index contributed by atoms with van der Waals surface area (Å²) in [4.78, 5) is 22.8. The molecule has 67 heavy (non-hydrogen) atoms. The van der Waals surface area contributed by atoms with E-state index in [2.05, 4.69) is 19.2 Å². The second-order valence-electron chi connectivity index (χ2n) is 20.6. The number of unbranched alkanes of at least 4 members (excludes halogenated alkanes) is 45. The van der Waals surface area contributed by atoms with Crippen LogP contribution < -0.4 is 11.1 Å². The van der Waals surface area contributed by atoms with E-state index < -0.39 is 20.0 Å². The Bertz CT molecular complexity index is 1060. The minimum absolute atomic E-state index is 0.0815. The third kappa shape index (κ3) is 52.9. The van der Waals surface area contributed by atoms with Gasteiger partial charge in [-0.3, -0.25) is 13.8 Å². The van der Waals surface area contributed by atoms with Crippen LogP contribution in [0.1, 0.15) is 322 Å². The molecule has 0 rings (SSSR count). The number of nitrogens with two attached hydrogens (primary N) is 1. The molecule has 0 aromatic rings. The second-order valence-corrected chi connectivity index (χ2v) is 22.0. The zero-order chi connectivity index (χ0) is 48.8. The van der Waals surface area contributed by atoms with Crippen molar-refractivity contribution in [3.8, 4) is 0 Å². The summed E-state index contributed by atoms with van der Waals surface area (Å²) in [6.07, 6.45) is 66.2. The lowest BCUT2D eigenvalue weighted by Gasteiger charge is -2.23. The SMILES string of the molecule is CCCCCCCCCCCC/C=C/[C@@H](O)[C@H](COP(=O)(O)OCCN)NC(=O)CCCCCCCCCCCCCCCCCCCCCCCCCCCCCCCCCCCCCC. The van der Waals surface area contributed by atoms with Crippen molar-refractivity contribution >= 4 is 13.7 Å². The van der Waals surface area contributed by atoms with Gasteiger partial charge in [-0.2, -0.15) is 0 Å². The van der Waals surface area contributed by atoms with Crippen molar-refractivity contribution in [1.82, 2.24) is 5.32 Å². The average molecular weight is 970 g/mol. The number of hydrogen-bond donors (Lipinski definition) is 4. The molecule has 3 atom stereocenters. The predicted molar refractivity (Wildman–Crippen MR) is 291 cm³/mol. The van der Waals surface area contributed by atoms with Crippen LogP contribution in [0, 0.1) is 0 Å². The number of phosphoric acid groups is 1. The largest absolute Gasteiger partial charge is 0.472 e. The zero-order valence-electron chi connectivity index (χ0n) is 44.9. The Balaban J connectivity index is 3.72. The molecule has 0 aliphatic carbocycles. The summed E-state index contributed by atoms with van der Waals surface area (Å²) in [5.74, 6) is -0.187. The fourth-order valence-corrected chi connectivity index (χ4v) is 10.1. The first-order chi connectivity index (χ1) is 32.9. The van der Waals surface area contributed by atoms with Crippen molar-refractivity contribution in [2.45, 2.75) is 334 Å². The van der Waals surface area contributed by atoms with E-state index in [0.717, 1.165) is 38.5 Å². The van der Waals surface area contributed by atoms with Crippen LogP contribution in [0.15, 0.2) is 12.2 Å². The molecule has 1 unspecified atom stereocenters. The van der Waals surface area contributed by atoms with E-state index in [1.54, 1.807) is 6.08 Å². The highest BCUT2D eigenvalue weighted by Crippen LogP contribution is 2.43. The normalized spacial score (nSPS) is 13.7. The van der Waals surface area contributed by atoms with Crippen LogP contribution in [0.5, 0.6) is 0 Å². The minimum Gasteiger partial charge on any atom is -0.387 e. The molecule has 5 N–H and O–H groups in total.